The molecule has 2 heterocycles. The number of benzene rings is 1. The van der Waals surface area contributed by atoms with Crippen molar-refractivity contribution in [1.82, 2.24) is 14.9 Å². The standard InChI is InChI=1S/C19H21F3N4O2/c1-13(27)24-15-4-2-14(3-5-15)12-26-10-7-16(8-11-26)28-18-23-9-6-17(25-18)19(20,21)22/h2-6,9,16H,7-8,10-12H2,1H3,(H,24,27). The molecule has 1 aliphatic heterocycles. The topological polar surface area (TPSA) is 67.4 Å². The number of alkyl halides is 3. The summed E-state index contributed by atoms with van der Waals surface area (Å²) >= 11 is 0. The average Bonchev–Trinajstić information content (AvgIpc) is 2.64. The molecule has 0 radical (unpaired) electrons. The summed E-state index contributed by atoms with van der Waals surface area (Å²) in [6.45, 7) is 3.74. The maximum atomic E-state index is 12.7. The van der Waals surface area contributed by atoms with Crippen molar-refractivity contribution in [3.05, 3.63) is 47.8 Å². The van der Waals surface area contributed by atoms with E-state index in [4.69, 9.17) is 4.74 Å². The number of rotatable bonds is 5. The molecule has 1 N–H and O–H groups in total. The fourth-order valence-corrected chi connectivity index (χ4v) is 3.04. The summed E-state index contributed by atoms with van der Waals surface area (Å²) in [5.74, 6) is -0.112. The first-order valence-electron chi connectivity index (χ1n) is 8.95. The largest absolute Gasteiger partial charge is 0.460 e. The molecule has 1 aromatic carbocycles. The highest BCUT2D eigenvalue weighted by molar-refractivity contribution is 5.88. The van der Waals surface area contributed by atoms with Gasteiger partial charge in [0.2, 0.25) is 5.91 Å². The van der Waals surface area contributed by atoms with Gasteiger partial charge in [0, 0.05) is 38.4 Å². The van der Waals surface area contributed by atoms with Crippen molar-refractivity contribution in [3.8, 4) is 6.01 Å². The van der Waals surface area contributed by atoms with E-state index in [1.807, 2.05) is 24.3 Å². The van der Waals surface area contributed by atoms with Gasteiger partial charge in [-0.3, -0.25) is 9.69 Å². The van der Waals surface area contributed by atoms with Gasteiger partial charge in [-0.1, -0.05) is 12.1 Å². The van der Waals surface area contributed by atoms with Gasteiger partial charge >= 0.3 is 12.2 Å². The molecule has 9 heteroatoms. The van der Waals surface area contributed by atoms with Gasteiger partial charge in [0.25, 0.3) is 0 Å². The highest BCUT2D eigenvalue weighted by Crippen LogP contribution is 2.28. The Bertz CT molecular complexity index is 804. The summed E-state index contributed by atoms with van der Waals surface area (Å²) in [4.78, 5) is 20.5. The molecule has 1 amide bonds. The Labute approximate surface area is 160 Å². The molecule has 0 atom stereocenters. The zero-order chi connectivity index (χ0) is 20.1. The Morgan fingerprint density at radius 1 is 1.21 bits per heavy atom. The van der Waals surface area contributed by atoms with E-state index in [1.165, 1.54) is 6.92 Å². The van der Waals surface area contributed by atoms with Crippen LogP contribution >= 0.6 is 0 Å². The number of anilines is 1. The quantitative estimate of drug-likeness (QED) is 0.841. The monoisotopic (exact) mass is 394 g/mol. The highest BCUT2D eigenvalue weighted by atomic mass is 19.4. The minimum absolute atomic E-state index is 0.112. The van der Waals surface area contributed by atoms with Crippen LogP contribution in [0.1, 0.15) is 31.0 Å². The number of halogens is 3. The van der Waals surface area contributed by atoms with Crippen molar-refractivity contribution in [2.24, 2.45) is 0 Å². The number of nitrogens with zero attached hydrogens (tertiary/aromatic N) is 3. The molecule has 0 saturated carbocycles. The number of amides is 1. The van der Waals surface area contributed by atoms with Crippen LogP contribution in [0.15, 0.2) is 36.5 Å². The van der Waals surface area contributed by atoms with Gasteiger partial charge in [0.05, 0.1) is 0 Å². The summed E-state index contributed by atoms with van der Waals surface area (Å²) in [5, 5.41) is 2.73. The zero-order valence-corrected chi connectivity index (χ0v) is 15.4. The minimum Gasteiger partial charge on any atom is -0.460 e. The molecule has 2 aromatic rings. The molecular weight excluding hydrogens is 373 g/mol. The predicted octanol–water partition coefficient (Wildman–Crippen LogP) is 3.50. The lowest BCUT2D eigenvalue weighted by Gasteiger charge is -2.31. The summed E-state index contributed by atoms with van der Waals surface area (Å²) < 4.78 is 43.7. The fraction of sp³-hybridized carbons (Fsp3) is 0.421. The number of carbonyl (C=O) groups is 1. The SMILES string of the molecule is CC(=O)Nc1ccc(CN2CCC(Oc3nccc(C(F)(F)F)n3)CC2)cc1. The Balaban J connectivity index is 1.49. The van der Waals surface area contributed by atoms with Crippen LogP contribution in [0.2, 0.25) is 0 Å². The maximum Gasteiger partial charge on any atom is 0.433 e. The molecule has 6 nitrogen and oxygen atoms in total. The van der Waals surface area contributed by atoms with Crippen molar-refractivity contribution in [1.29, 1.82) is 0 Å². The van der Waals surface area contributed by atoms with Gasteiger partial charge < -0.3 is 10.1 Å². The first-order chi connectivity index (χ1) is 13.3. The zero-order valence-electron chi connectivity index (χ0n) is 15.4. The molecular formula is C19H21F3N4O2. The van der Waals surface area contributed by atoms with Crippen molar-refractivity contribution in [2.75, 3.05) is 18.4 Å². The van der Waals surface area contributed by atoms with E-state index in [-0.39, 0.29) is 18.0 Å². The van der Waals surface area contributed by atoms with Crippen LogP contribution in [-0.2, 0) is 17.5 Å². The summed E-state index contributed by atoms with van der Waals surface area (Å²) in [6.07, 6.45) is -2.29. The molecule has 3 rings (SSSR count). The number of nitrogens with one attached hydrogen (secondary N) is 1. The number of hydrogen-bond acceptors (Lipinski definition) is 5. The number of hydrogen-bond donors (Lipinski definition) is 1. The van der Waals surface area contributed by atoms with E-state index in [0.717, 1.165) is 43.1 Å². The molecule has 28 heavy (non-hydrogen) atoms. The number of likely N-dealkylation sites (tertiary alicyclic amines) is 1. The second-order valence-corrected chi connectivity index (χ2v) is 6.69. The molecule has 0 bridgehead atoms. The van der Waals surface area contributed by atoms with Crippen LogP contribution in [0, 0.1) is 0 Å². The van der Waals surface area contributed by atoms with Gasteiger partial charge in [-0.2, -0.15) is 18.2 Å². The van der Waals surface area contributed by atoms with Gasteiger partial charge in [0.15, 0.2) is 5.69 Å². The molecule has 1 saturated heterocycles. The Morgan fingerprint density at radius 2 is 1.89 bits per heavy atom. The third kappa shape index (κ3) is 5.66. The van der Waals surface area contributed by atoms with Crippen molar-refractivity contribution in [3.63, 3.8) is 0 Å². The molecule has 1 aromatic heterocycles. The van der Waals surface area contributed by atoms with Crippen molar-refractivity contribution < 1.29 is 22.7 Å². The fourth-order valence-electron chi connectivity index (χ4n) is 3.04. The molecule has 1 aliphatic rings. The second kappa shape index (κ2) is 8.55. The Kier molecular flexibility index (Phi) is 6.13. The summed E-state index contributed by atoms with van der Waals surface area (Å²) in [7, 11) is 0. The van der Waals surface area contributed by atoms with Gasteiger partial charge in [0.1, 0.15) is 6.10 Å². The average molecular weight is 394 g/mol. The third-order valence-corrected chi connectivity index (χ3v) is 4.41. The van der Waals surface area contributed by atoms with Gasteiger partial charge in [-0.25, -0.2) is 4.98 Å². The second-order valence-electron chi connectivity index (χ2n) is 6.69. The van der Waals surface area contributed by atoms with Crippen LogP contribution in [0.25, 0.3) is 0 Å². The molecule has 0 aliphatic carbocycles. The van der Waals surface area contributed by atoms with Crippen LogP contribution in [0.3, 0.4) is 0 Å². The molecule has 1 fully saturated rings. The predicted molar refractivity (Wildman–Crippen MR) is 96.7 cm³/mol. The van der Waals surface area contributed by atoms with Gasteiger partial charge in [-0.05, 0) is 36.6 Å². The van der Waals surface area contributed by atoms with Gasteiger partial charge in [-0.15, -0.1) is 0 Å². The van der Waals surface area contributed by atoms with Crippen molar-refractivity contribution in [2.45, 2.75) is 38.6 Å². The van der Waals surface area contributed by atoms with Crippen molar-refractivity contribution >= 4 is 11.6 Å². The van der Waals surface area contributed by atoms with Crippen LogP contribution in [0.4, 0.5) is 18.9 Å². The highest BCUT2D eigenvalue weighted by Gasteiger charge is 2.33. The number of ether oxygens (including phenoxy) is 1. The number of piperidine rings is 1. The number of aromatic nitrogens is 2. The smallest absolute Gasteiger partial charge is 0.433 e. The van der Waals surface area contributed by atoms with Crippen LogP contribution in [-0.4, -0.2) is 40.0 Å². The van der Waals surface area contributed by atoms with E-state index >= 15 is 0 Å². The van der Waals surface area contributed by atoms with E-state index in [0.29, 0.717) is 12.8 Å². The lowest BCUT2D eigenvalue weighted by Crippen LogP contribution is -2.38. The van der Waals surface area contributed by atoms with Crippen LogP contribution < -0.4 is 10.1 Å². The lowest BCUT2D eigenvalue weighted by atomic mass is 10.1. The van der Waals surface area contributed by atoms with E-state index in [1.54, 1.807) is 0 Å². The van der Waals surface area contributed by atoms with E-state index in [2.05, 4.69) is 20.2 Å². The summed E-state index contributed by atoms with van der Waals surface area (Å²) in [6, 6.07) is 8.23. The number of carbonyl (C=O) groups excluding carboxylic acids is 1. The van der Waals surface area contributed by atoms with E-state index in [9.17, 15) is 18.0 Å². The lowest BCUT2D eigenvalue weighted by molar-refractivity contribution is -0.141. The Morgan fingerprint density at radius 3 is 2.50 bits per heavy atom. The van der Waals surface area contributed by atoms with Crippen LogP contribution in [0.5, 0.6) is 6.01 Å². The third-order valence-electron chi connectivity index (χ3n) is 4.41. The Hall–Kier alpha value is -2.68. The molecule has 0 spiro atoms. The first kappa shape index (κ1) is 20.1. The maximum absolute atomic E-state index is 12.7. The minimum atomic E-state index is -4.51. The first-order valence-corrected chi connectivity index (χ1v) is 8.95. The molecule has 150 valence electrons. The van der Waals surface area contributed by atoms with E-state index < -0.39 is 11.9 Å². The summed E-state index contributed by atoms with van der Waals surface area (Å²) in [5.41, 5.74) is 0.872. The molecule has 0 unspecified atom stereocenters. The normalized spacial score (nSPS) is 16.0.